The van der Waals surface area contributed by atoms with Gasteiger partial charge in [-0.15, -0.1) is 0 Å². The van der Waals surface area contributed by atoms with Crippen LogP contribution in [0.15, 0.2) is 48.8 Å². The lowest BCUT2D eigenvalue weighted by Gasteiger charge is -2.29. The third kappa shape index (κ3) is 3.47. The van der Waals surface area contributed by atoms with Gasteiger partial charge in [-0.05, 0) is 54.5 Å². The first-order valence-electron chi connectivity index (χ1n) is 9.24. The summed E-state index contributed by atoms with van der Waals surface area (Å²) in [5, 5.41) is 0. The molecule has 134 valence electrons. The van der Waals surface area contributed by atoms with E-state index < -0.39 is 0 Å². The third-order valence-electron chi connectivity index (χ3n) is 5.42. The van der Waals surface area contributed by atoms with Gasteiger partial charge in [0, 0.05) is 37.6 Å². The number of hydrogen-bond acceptors (Lipinski definition) is 3. The molecule has 1 fully saturated rings. The van der Waals surface area contributed by atoms with Gasteiger partial charge < -0.3 is 9.80 Å². The molecule has 0 radical (unpaired) electrons. The Hall–Kier alpha value is -2.69. The molecule has 1 saturated heterocycles. The van der Waals surface area contributed by atoms with E-state index in [-0.39, 0.29) is 18.4 Å². The van der Waals surface area contributed by atoms with Gasteiger partial charge >= 0.3 is 0 Å². The highest BCUT2D eigenvalue weighted by molar-refractivity contribution is 5.98. The third-order valence-corrected chi connectivity index (χ3v) is 5.42. The van der Waals surface area contributed by atoms with Gasteiger partial charge in [-0.2, -0.15) is 0 Å². The van der Waals surface area contributed by atoms with Crippen LogP contribution in [-0.4, -0.2) is 52.8 Å². The minimum atomic E-state index is -0.0206. The van der Waals surface area contributed by atoms with Crippen LogP contribution in [-0.2, 0) is 17.6 Å². The van der Waals surface area contributed by atoms with Crippen molar-refractivity contribution in [3.05, 3.63) is 65.5 Å². The van der Waals surface area contributed by atoms with E-state index in [4.69, 9.17) is 0 Å². The van der Waals surface area contributed by atoms with Crippen LogP contribution in [0.25, 0.3) is 0 Å². The highest BCUT2D eigenvalue weighted by Crippen LogP contribution is 2.22. The monoisotopic (exact) mass is 349 g/mol. The Bertz CT molecular complexity index is 806. The second kappa shape index (κ2) is 7.28. The number of carbonyl (C=O) groups excluding carboxylic acids is 2. The number of amides is 2. The zero-order valence-corrected chi connectivity index (χ0v) is 14.8. The first-order chi connectivity index (χ1) is 12.7. The standard InChI is InChI=1S/C21H23N3O2/c25-20(15-24-12-8-18-3-1-2-4-19(18)21(24)26)23-11-7-17(14-23)13-16-5-9-22-10-6-16/h1-6,9-10,17H,7-8,11-15H2. The minimum Gasteiger partial charge on any atom is -0.341 e. The summed E-state index contributed by atoms with van der Waals surface area (Å²) >= 11 is 0. The number of carbonyl (C=O) groups is 2. The maximum absolute atomic E-state index is 12.7. The summed E-state index contributed by atoms with van der Waals surface area (Å²) in [7, 11) is 0. The van der Waals surface area contributed by atoms with Crippen molar-refractivity contribution in [2.24, 2.45) is 5.92 Å². The predicted molar refractivity (Wildman–Crippen MR) is 98.7 cm³/mol. The van der Waals surface area contributed by atoms with E-state index in [1.807, 2.05) is 53.7 Å². The van der Waals surface area contributed by atoms with E-state index in [1.54, 1.807) is 4.90 Å². The molecule has 0 spiro atoms. The second-order valence-electron chi connectivity index (χ2n) is 7.19. The van der Waals surface area contributed by atoms with Crippen LogP contribution in [0, 0.1) is 5.92 Å². The molecule has 3 heterocycles. The lowest BCUT2D eigenvalue weighted by molar-refractivity contribution is -0.131. The van der Waals surface area contributed by atoms with Crippen molar-refractivity contribution in [1.82, 2.24) is 14.8 Å². The van der Waals surface area contributed by atoms with Crippen molar-refractivity contribution >= 4 is 11.8 Å². The quantitative estimate of drug-likeness (QED) is 0.850. The van der Waals surface area contributed by atoms with E-state index in [0.717, 1.165) is 43.5 Å². The van der Waals surface area contributed by atoms with E-state index >= 15 is 0 Å². The maximum atomic E-state index is 12.7. The Morgan fingerprint density at radius 3 is 2.77 bits per heavy atom. The smallest absolute Gasteiger partial charge is 0.254 e. The molecule has 2 amide bonds. The molecule has 26 heavy (non-hydrogen) atoms. The van der Waals surface area contributed by atoms with Crippen molar-refractivity contribution in [1.29, 1.82) is 0 Å². The Labute approximate surface area is 153 Å². The molecule has 1 aromatic heterocycles. The fourth-order valence-corrected chi connectivity index (χ4v) is 3.97. The van der Waals surface area contributed by atoms with Gasteiger partial charge in [-0.25, -0.2) is 0 Å². The van der Waals surface area contributed by atoms with Crippen LogP contribution in [0.5, 0.6) is 0 Å². The Morgan fingerprint density at radius 1 is 1.12 bits per heavy atom. The zero-order chi connectivity index (χ0) is 17.9. The van der Waals surface area contributed by atoms with E-state index in [2.05, 4.69) is 4.98 Å². The average molecular weight is 349 g/mol. The van der Waals surface area contributed by atoms with Crippen molar-refractivity contribution in [3.8, 4) is 0 Å². The molecule has 5 heteroatoms. The highest BCUT2D eigenvalue weighted by atomic mass is 16.2. The molecule has 2 aliphatic heterocycles. The van der Waals surface area contributed by atoms with Crippen LogP contribution in [0.3, 0.4) is 0 Å². The molecular formula is C21H23N3O2. The van der Waals surface area contributed by atoms with Crippen LogP contribution in [0.4, 0.5) is 0 Å². The molecule has 2 aliphatic rings. The normalized spacial score (nSPS) is 19.5. The number of aromatic nitrogens is 1. The van der Waals surface area contributed by atoms with Crippen LogP contribution in [0.2, 0.25) is 0 Å². The van der Waals surface area contributed by atoms with Gasteiger partial charge in [0.15, 0.2) is 0 Å². The van der Waals surface area contributed by atoms with Crippen molar-refractivity contribution in [2.45, 2.75) is 19.3 Å². The SMILES string of the molecule is O=C(CN1CCc2ccccc2C1=O)N1CCC(Cc2ccncc2)C1. The molecule has 1 unspecified atom stereocenters. The summed E-state index contributed by atoms with van der Waals surface area (Å²) in [5.41, 5.74) is 3.09. The first-order valence-corrected chi connectivity index (χ1v) is 9.24. The van der Waals surface area contributed by atoms with Crippen molar-refractivity contribution in [3.63, 3.8) is 0 Å². The molecule has 0 aliphatic carbocycles. The van der Waals surface area contributed by atoms with Gasteiger partial charge in [0.25, 0.3) is 5.91 Å². The van der Waals surface area contributed by atoms with E-state index in [1.165, 1.54) is 5.56 Å². The number of pyridine rings is 1. The van der Waals surface area contributed by atoms with Gasteiger partial charge in [0.2, 0.25) is 5.91 Å². The first kappa shape index (κ1) is 16.8. The summed E-state index contributed by atoms with van der Waals surface area (Å²) < 4.78 is 0. The lowest BCUT2D eigenvalue weighted by Crippen LogP contribution is -2.45. The Morgan fingerprint density at radius 2 is 1.92 bits per heavy atom. The van der Waals surface area contributed by atoms with Gasteiger partial charge in [0.05, 0.1) is 0 Å². The average Bonchev–Trinajstić information content (AvgIpc) is 3.14. The second-order valence-corrected chi connectivity index (χ2v) is 7.19. The number of benzene rings is 1. The van der Waals surface area contributed by atoms with Crippen molar-refractivity contribution in [2.75, 3.05) is 26.2 Å². The van der Waals surface area contributed by atoms with E-state index in [9.17, 15) is 9.59 Å². The zero-order valence-electron chi connectivity index (χ0n) is 14.8. The molecule has 2 aromatic rings. The Kier molecular flexibility index (Phi) is 4.69. The van der Waals surface area contributed by atoms with Gasteiger partial charge in [0.1, 0.15) is 6.54 Å². The molecular weight excluding hydrogens is 326 g/mol. The maximum Gasteiger partial charge on any atom is 0.254 e. The fraction of sp³-hybridized carbons (Fsp3) is 0.381. The number of nitrogens with zero attached hydrogens (tertiary/aromatic N) is 3. The largest absolute Gasteiger partial charge is 0.341 e. The summed E-state index contributed by atoms with van der Waals surface area (Å²) in [6, 6.07) is 11.8. The highest BCUT2D eigenvalue weighted by Gasteiger charge is 2.30. The number of likely N-dealkylation sites (tertiary alicyclic amines) is 1. The van der Waals surface area contributed by atoms with Gasteiger partial charge in [-0.3, -0.25) is 14.6 Å². The number of hydrogen-bond donors (Lipinski definition) is 0. The number of fused-ring (bicyclic) bond motifs is 1. The summed E-state index contributed by atoms with van der Waals surface area (Å²) in [6.45, 7) is 2.37. The molecule has 0 bridgehead atoms. The summed E-state index contributed by atoms with van der Waals surface area (Å²) in [6.07, 6.45) is 6.44. The molecule has 1 atom stereocenters. The topological polar surface area (TPSA) is 53.5 Å². The molecule has 5 nitrogen and oxygen atoms in total. The van der Waals surface area contributed by atoms with Crippen molar-refractivity contribution < 1.29 is 9.59 Å². The molecule has 1 aromatic carbocycles. The van der Waals surface area contributed by atoms with E-state index in [0.29, 0.717) is 12.5 Å². The molecule has 0 N–H and O–H groups in total. The molecule has 0 saturated carbocycles. The Balaban J connectivity index is 1.34. The minimum absolute atomic E-state index is 0.0206. The van der Waals surface area contributed by atoms with Gasteiger partial charge in [-0.1, -0.05) is 18.2 Å². The van der Waals surface area contributed by atoms with Crippen LogP contribution >= 0.6 is 0 Å². The summed E-state index contributed by atoms with van der Waals surface area (Å²) in [4.78, 5) is 33.0. The number of rotatable bonds is 4. The lowest BCUT2D eigenvalue weighted by atomic mass is 9.99. The fourth-order valence-electron chi connectivity index (χ4n) is 3.97. The molecule has 4 rings (SSSR count). The van der Waals surface area contributed by atoms with Crippen LogP contribution in [0.1, 0.15) is 27.9 Å². The van der Waals surface area contributed by atoms with Crippen LogP contribution < -0.4 is 0 Å². The summed E-state index contributed by atoms with van der Waals surface area (Å²) in [5.74, 6) is 0.529. The predicted octanol–water partition coefficient (Wildman–Crippen LogP) is 2.17.